The standard InChI is InChI=1S/C36H40FN3/c1-4-25-23-38-33-13-9-12-29(26-14-16-30(37)17-15-26)22-32(33)36(25)40-20-18-28(19-21-40)35-31(5-2)34(24(3)39-35)27-10-7-6-8-11-27/h6-8,10-11,14-17,22-23,28,39H,4-5,9,12-13,18-21H2,1-3H3. The van der Waals surface area contributed by atoms with E-state index in [1.165, 1.54) is 56.2 Å². The fourth-order valence-corrected chi connectivity index (χ4v) is 6.97. The molecule has 3 heterocycles. The number of hydrogen-bond donors (Lipinski definition) is 1. The predicted molar refractivity (Wildman–Crippen MR) is 165 cm³/mol. The van der Waals surface area contributed by atoms with Crippen LogP contribution in [-0.2, 0) is 19.3 Å². The summed E-state index contributed by atoms with van der Waals surface area (Å²) in [6.45, 7) is 8.83. The molecule has 206 valence electrons. The van der Waals surface area contributed by atoms with Crippen molar-refractivity contribution in [3.8, 4) is 11.1 Å². The van der Waals surface area contributed by atoms with Crippen molar-refractivity contribution in [2.75, 3.05) is 18.0 Å². The Morgan fingerprint density at radius 2 is 1.68 bits per heavy atom. The Morgan fingerprint density at radius 1 is 0.925 bits per heavy atom. The van der Waals surface area contributed by atoms with Crippen molar-refractivity contribution in [2.45, 2.75) is 71.6 Å². The maximum absolute atomic E-state index is 13.7. The second-order valence-corrected chi connectivity index (χ2v) is 11.4. The van der Waals surface area contributed by atoms with Crippen LogP contribution in [0.2, 0.25) is 0 Å². The second-order valence-electron chi connectivity index (χ2n) is 11.4. The summed E-state index contributed by atoms with van der Waals surface area (Å²) < 4.78 is 13.7. The Kier molecular flexibility index (Phi) is 7.60. The molecule has 4 heteroatoms. The lowest BCUT2D eigenvalue weighted by atomic mass is 9.87. The first-order chi connectivity index (χ1) is 19.6. The van der Waals surface area contributed by atoms with E-state index >= 15 is 0 Å². The molecule has 1 saturated heterocycles. The molecule has 6 rings (SSSR count). The molecule has 0 saturated carbocycles. The number of aromatic nitrogens is 2. The number of hydrogen-bond acceptors (Lipinski definition) is 2. The largest absolute Gasteiger partial charge is 0.371 e. The van der Waals surface area contributed by atoms with Gasteiger partial charge in [-0.15, -0.1) is 0 Å². The van der Waals surface area contributed by atoms with Crippen molar-refractivity contribution in [3.05, 3.63) is 106 Å². The summed E-state index contributed by atoms with van der Waals surface area (Å²) in [4.78, 5) is 11.4. The van der Waals surface area contributed by atoms with Gasteiger partial charge in [0.15, 0.2) is 0 Å². The highest BCUT2D eigenvalue weighted by Gasteiger charge is 2.29. The minimum absolute atomic E-state index is 0.184. The summed E-state index contributed by atoms with van der Waals surface area (Å²) in [7, 11) is 0. The first-order valence-electron chi connectivity index (χ1n) is 15.1. The van der Waals surface area contributed by atoms with Gasteiger partial charge in [-0.05, 0) is 97.9 Å². The summed E-state index contributed by atoms with van der Waals surface area (Å²) >= 11 is 0. The zero-order valence-corrected chi connectivity index (χ0v) is 24.1. The van der Waals surface area contributed by atoms with E-state index in [9.17, 15) is 4.39 Å². The molecule has 0 radical (unpaired) electrons. The Labute approximate surface area is 238 Å². The minimum atomic E-state index is -0.184. The van der Waals surface area contributed by atoms with E-state index < -0.39 is 0 Å². The topological polar surface area (TPSA) is 31.9 Å². The van der Waals surface area contributed by atoms with E-state index in [-0.39, 0.29) is 5.82 Å². The molecule has 40 heavy (non-hydrogen) atoms. The SMILES string of the molecule is CCc1cnc2c(c1N1CCC(c3[nH]c(C)c(-c4ccccc4)c3CC)CC1)C=C(c1ccc(F)cc1)CCC2. The lowest BCUT2D eigenvalue weighted by Crippen LogP contribution is -2.34. The Hall–Kier alpha value is -3.66. The maximum Gasteiger partial charge on any atom is 0.123 e. The predicted octanol–water partition coefficient (Wildman–Crippen LogP) is 8.91. The van der Waals surface area contributed by atoms with Crippen LogP contribution < -0.4 is 4.90 Å². The number of fused-ring (bicyclic) bond motifs is 1. The van der Waals surface area contributed by atoms with Crippen LogP contribution >= 0.6 is 0 Å². The summed E-state index contributed by atoms with van der Waals surface area (Å²) in [5.41, 5.74) is 14.5. The van der Waals surface area contributed by atoms with E-state index in [2.05, 4.69) is 73.3 Å². The van der Waals surface area contributed by atoms with Crippen LogP contribution in [0.25, 0.3) is 22.8 Å². The number of anilines is 1. The summed E-state index contributed by atoms with van der Waals surface area (Å²) in [5.74, 6) is 0.356. The molecule has 1 aliphatic carbocycles. The Morgan fingerprint density at radius 3 is 2.38 bits per heavy atom. The van der Waals surface area contributed by atoms with E-state index in [4.69, 9.17) is 4.98 Å². The monoisotopic (exact) mass is 533 g/mol. The summed E-state index contributed by atoms with van der Waals surface area (Å²) in [6.07, 6.45) is 11.8. The van der Waals surface area contributed by atoms with Gasteiger partial charge in [-0.3, -0.25) is 4.98 Å². The average molecular weight is 534 g/mol. The lowest BCUT2D eigenvalue weighted by Gasteiger charge is -2.36. The van der Waals surface area contributed by atoms with E-state index in [0.717, 1.165) is 63.6 Å². The average Bonchev–Trinajstić information content (AvgIpc) is 3.18. The maximum atomic E-state index is 13.7. The van der Waals surface area contributed by atoms with Crippen LogP contribution in [0.3, 0.4) is 0 Å². The normalized spacial score (nSPS) is 16.0. The lowest BCUT2D eigenvalue weighted by molar-refractivity contribution is 0.494. The third kappa shape index (κ3) is 5.00. The van der Waals surface area contributed by atoms with Crippen molar-refractivity contribution in [1.29, 1.82) is 0 Å². The third-order valence-electron chi connectivity index (χ3n) is 8.98. The number of aryl methyl sites for hydroxylation is 3. The summed E-state index contributed by atoms with van der Waals surface area (Å²) in [5, 5.41) is 0. The van der Waals surface area contributed by atoms with Gasteiger partial charge in [-0.2, -0.15) is 0 Å². The Bertz CT molecular complexity index is 1510. The van der Waals surface area contributed by atoms with Crippen LogP contribution in [0.15, 0.2) is 60.8 Å². The molecular weight excluding hydrogens is 493 g/mol. The van der Waals surface area contributed by atoms with Crippen molar-refractivity contribution in [1.82, 2.24) is 9.97 Å². The Balaban J connectivity index is 1.31. The van der Waals surface area contributed by atoms with Gasteiger partial charge in [0.05, 0.1) is 5.69 Å². The number of nitrogens with one attached hydrogen (secondary N) is 1. The van der Waals surface area contributed by atoms with Crippen molar-refractivity contribution in [2.24, 2.45) is 0 Å². The fourth-order valence-electron chi connectivity index (χ4n) is 6.97. The smallest absolute Gasteiger partial charge is 0.123 e. The zero-order valence-electron chi connectivity index (χ0n) is 24.1. The number of piperidine rings is 1. The molecule has 2 aromatic heterocycles. The highest BCUT2D eigenvalue weighted by Crippen LogP contribution is 2.41. The molecule has 3 nitrogen and oxygen atoms in total. The molecule has 1 fully saturated rings. The molecule has 0 unspecified atom stereocenters. The summed E-state index contributed by atoms with van der Waals surface area (Å²) in [6, 6.07) is 17.8. The van der Waals surface area contributed by atoms with Crippen molar-refractivity contribution in [3.63, 3.8) is 0 Å². The highest BCUT2D eigenvalue weighted by atomic mass is 19.1. The minimum Gasteiger partial charge on any atom is -0.371 e. The van der Waals surface area contributed by atoms with Crippen LogP contribution in [-0.4, -0.2) is 23.1 Å². The number of allylic oxidation sites excluding steroid dienone is 1. The van der Waals surface area contributed by atoms with E-state index in [1.807, 2.05) is 12.1 Å². The van der Waals surface area contributed by atoms with E-state index in [1.54, 1.807) is 12.1 Å². The number of pyridine rings is 1. The van der Waals surface area contributed by atoms with E-state index in [0.29, 0.717) is 5.92 Å². The number of aromatic amines is 1. The molecule has 4 aromatic rings. The first-order valence-corrected chi connectivity index (χ1v) is 15.1. The van der Waals surface area contributed by atoms with Gasteiger partial charge >= 0.3 is 0 Å². The van der Waals surface area contributed by atoms with Gasteiger partial charge < -0.3 is 9.88 Å². The molecule has 2 aliphatic rings. The number of nitrogens with zero attached hydrogens (tertiary/aromatic N) is 2. The fraction of sp³-hybridized carbons (Fsp3) is 0.361. The molecule has 0 spiro atoms. The number of rotatable bonds is 6. The van der Waals surface area contributed by atoms with Gasteiger partial charge in [0.25, 0.3) is 0 Å². The van der Waals surface area contributed by atoms with Crippen LogP contribution in [0.4, 0.5) is 10.1 Å². The zero-order chi connectivity index (χ0) is 27.6. The van der Waals surface area contributed by atoms with Crippen LogP contribution in [0, 0.1) is 12.7 Å². The van der Waals surface area contributed by atoms with Crippen LogP contribution in [0.1, 0.15) is 84.8 Å². The molecule has 1 aliphatic heterocycles. The number of H-pyrrole nitrogens is 1. The second kappa shape index (κ2) is 11.4. The van der Waals surface area contributed by atoms with Gasteiger partial charge in [0, 0.05) is 53.4 Å². The highest BCUT2D eigenvalue weighted by molar-refractivity contribution is 5.88. The molecule has 2 aromatic carbocycles. The molecule has 0 amide bonds. The molecule has 0 atom stereocenters. The first kappa shape index (κ1) is 26.6. The molecule has 1 N–H and O–H groups in total. The molecular formula is C36H40FN3. The quantitative estimate of drug-likeness (QED) is 0.268. The van der Waals surface area contributed by atoms with Crippen molar-refractivity contribution >= 4 is 17.3 Å². The van der Waals surface area contributed by atoms with Gasteiger partial charge in [-0.1, -0.05) is 56.3 Å². The number of halogens is 1. The van der Waals surface area contributed by atoms with Gasteiger partial charge in [0.1, 0.15) is 5.82 Å². The van der Waals surface area contributed by atoms with Gasteiger partial charge in [-0.25, -0.2) is 4.39 Å². The van der Waals surface area contributed by atoms with Gasteiger partial charge in [0.2, 0.25) is 0 Å². The third-order valence-corrected chi connectivity index (χ3v) is 8.98. The van der Waals surface area contributed by atoms with Crippen LogP contribution in [0.5, 0.6) is 0 Å². The van der Waals surface area contributed by atoms with Crippen molar-refractivity contribution < 1.29 is 4.39 Å². The molecule has 0 bridgehead atoms. The number of benzene rings is 2.